The van der Waals surface area contributed by atoms with Crippen molar-refractivity contribution in [2.45, 2.75) is 33.1 Å². The molecular formula is C17H27N3O. The van der Waals surface area contributed by atoms with E-state index in [1.165, 1.54) is 12.8 Å². The fourth-order valence-corrected chi connectivity index (χ4v) is 2.93. The molecule has 1 amide bonds. The maximum Gasteiger partial charge on any atom is 0.225 e. The maximum atomic E-state index is 12.0. The maximum absolute atomic E-state index is 12.0. The Morgan fingerprint density at radius 1 is 1.33 bits per heavy atom. The van der Waals surface area contributed by atoms with Gasteiger partial charge in [0.1, 0.15) is 0 Å². The fraction of sp³-hybridized carbons (Fsp3) is 0.588. The van der Waals surface area contributed by atoms with E-state index in [-0.39, 0.29) is 5.91 Å². The van der Waals surface area contributed by atoms with E-state index in [0.717, 1.165) is 31.5 Å². The number of hydrogen-bond acceptors (Lipinski definition) is 3. The number of nitrogens with one attached hydrogen (secondary N) is 1. The van der Waals surface area contributed by atoms with E-state index in [1.54, 1.807) is 6.07 Å². The minimum absolute atomic E-state index is 0.0406. The topological polar surface area (TPSA) is 58.4 Å². The Bertz CT molecular complexity index is 465. The Labute approximate surface area is 127 Å². The highest BCUT2D eigenvalue weighted by Crippen LogP contribution is 2.24. The summed E-state index contributed by atoms with van der Waals surface area (Å²) in [6, 6.07) is 7.38. The highest BCUT2D eigenvalue weighted by Gasteiger charge is 2.21. The number of carbonyl (C=O) groups is 1. The van der Waals surface area contributed by atoms with E-state index in [9.17, 15) is 4.79 Å². The Morgan fingerprint density at radius 3 is 2.62 bits per heavy atom. The SMILES string of the molecule is CC(C)C1CCN(CCC(=O)Nc2ccccc2N)CC1. The normalized spacial score (nSPS) is 17.1. The highest BCUT2D eigenvalue weighted by atomic mass is 16.1. The van der Waals surface area contributed by atoms with Crippen molar-refractivity contribution in [3.63, 3.8) is 0 Å². The van der Waals surface area contributed by atoms with Gasteiger partial charge in [-0.1, -0.05) is 26.0 Å². The van der Waals surface area contributed by atoms with Gasteiger partial charge in [0.25, 0.3) is 0 Å². The van der Waals surface area contributed by atoms with Crippen LogP contribution in [0.4, 0.5) is 11.4 Å². The van der Waals surface area contributed by atoms with Crippen LogP contribution in [0.1, 0.15) is 33.1 Å². The number of nitrogen functional groups attached to an aromatic ring is 1. The molecule has 0 aromatic heterocycles. The van der Waals surface area contributed by atoms with Gasteiger partial charge in [-0.05, 0) is 49.9 Å². The first-order valence-electron chi connectivity index (χ1n) is 7.93. The average Bonchev–Trinajstić information content (AvgIpc) is 2.48. The second-order valence-electron chi connectivity index (χ2n) is 6.31. The third-order valence-electron chi connectivity index (χ3n) is 4.47. The molecule has 4 nitrogen and oxygen atoms in total. The van der Waals surface area contributed by atoms with Gasteiger partial charge < -0.3 is 16.0 Å². The van der Waals surface area contributed by atoms with Gasteiger partial charge in [-0.2, -0.15) is 0 Å². The number of rotatable bonds is 5. The Balaban J connectivity index is 1.72. The van der Waals surface area contributed by atoms with E-state index >= 15 is 0 Å². The molecule has 1 aliphatic rings. The molecule has 0 bridgehead atoms. The van der Waals surface area contributed by atoms with Crippen LogP contribution in [0.5, 0.6) is 0 Å². The summed E-state index contributed by atoms with van der Waals surface area (Å²) in [5.74, 6) is 1.66. The quantitative estimate of drug-likeness (QED) is 0.819. The largest absolute Gasteiger partial charge is 0.397 e. The van der Waals surface area contributed by atoms with Gasteiger partial charge in [-0.25, -0.2) is 0 Å². The number of likely N-dealkylation sites (tertiary alicyclic amines) is 1. The summed E-state index contributed by atoms with van der Waals surface area (Å²) >= 11 is 0. The van der Waals surface area contributed by atoms with Crippen LogP contribution in [0.15, 0.2) is 24.3 Å². The summed E-state index contributed by atoms with van der Waals surface area (Å²) in [5, 5.41) is 2.89. The van der Waals surface area contributed by atoms with Gasteiger partial charge in [0.15, 0.2) is 0 Å². The molecule has 1 aliphatic heterocycles. The lowest BCUT2D eigenvalue weighted by Crippen LogP contribution is -2.37. The van der Waals surface area contributed by atoms with E-state index in [0.29, 0.717) is 17.8 Å². The Kier molecular flexibility index (Phi) is 5.62. The van der Waals surface area contributed by atoms with Crippen molar-refractivity contribution < 1.29 is 4.79 Å². The first kappa shape index (κ1) is 15.8. The zero-order valence-electron chi connectivity index (χ0n) is 13.1. The van der Waals surface area contributed by atoms with Crippen LogP contribution in [0, 0.1) is 11.8 Å². The molecule has 0 atom stereocenters. The third kappa shape index (κ3) is 4.74. The van der Waals surface area contributed by atoms with E-state index in [2.05, 4.69) is 24.1 Å². The number of hydrogen-bond donors (Lipinski definition) is 2. The summed E-state index contributed by atoms with van der Waals surface area (Å²) in [4.78, 5) is 14.4. The molecule has 4 heteroatoms. The van der Waals surface area contributed by atoms with Crippen molar-refractivity contribution in [1.29, 1.82) is 0 Å². The van der Waals surface area contributed by atoms with Crippen LogP contribution < -0.4 is 11.1 Å². The zero-order valence-corrected chi connectivity index (χ0v) is 13.1. The summed E-state index contributed by atoms with van der Waals surface area (Å²) in [6.07, 6.45) is 3.04. The van der Waals surface area contributed by atoms with E-state index in [4.69, 9.17) is 5.73 Å². The van der Waals surface area contributed by atoms with Crippen molar-refractivity contribution in [3.05, 3.63) is 24.3 Å². The van der Waals surface area contributed by atoms with Crippen molar-refractivity contribution in [2.75, 3.05) is 30.7 Å². The highest BCUT2D eigenvalue weighted by molar-refractivity contribution is 5.93. The lowest BCUT2D eigenvalue weighted by atomic mass is 9.87. The lowest BCUT2D eigenvalue weighted by molar-refractivity contribution is -0.116. The molecule has 0 aliphatic carbocycles. The lowest BCUT2D eigenvalue weighted by Gasteiger charge is -2.33. The van der Waals surface area contributed by atoms with Crippen LogP contribution >= 0.6 is 0 Å². The molecule has 0 spiro atoms. The van der Waals surface area contributed by atoms with Crippen molar-refractivity contribution >= 4 is 17.3 Å². The average molecular weight is 289 g/mol. The van der Waals surface area contributed by atoms with Gasteiger partial charge >= 0.3 is 0 Å². The van der Waals surface area contributed by atoms with Crippen LogP contribution in [0.25, 0.3) is 0 Å². The predicted octanol–water partition coefficient (Wildman–Crippen LogP) is 2.97. The standard InChI is InChI=1S/C17H27N3O/c1-13(2)14-7-10-20(11-8-14)12-9-17(21)19-16-6-4-3-5-15(16)18/h3-6,13-14H,7-12,18H2,1-2H3,(H,19,21). The summed E-state index contributed by atoms with van der Waals surface area (Å²) in [7, 11) is 0. The molecular weight excluding hydrogens is 262 g/mol. The number of piperidine rings is 1. The molecule has 1 aromatic carbocycles. The smallest absolute Gasteiger partial charge is 0.225 e. The molecule has 3 N–H and O–H groups in total. The number of amides is 1. The van der Waals surface area contributed by atoms with Crippen LogP contribution in [-0.2, 0) is 4.79 Å². The molecule has 21 heavy (non-hydrogen) atoms. The number of para-hydroxylation sites is 2. The first-order valence-corrected chi connectivity index (χ1v) is 7.93. The number of carbonyl (C=O) groups excluding carboxylic acids is 1. The predicted molar refractivity (Wildman–Crippen MR) is 88.1 cm³/mol. The monoisotopic (exact) mass is 289 g/mol. The van der Waals surface area contributed by atoms with Crippen molar-refractivity contribution in [1.82, 2.24) is 4.90 Å². The third-order valence-corrected chi connectivity index (χ3v) is 4.47. The van der Waals surface area contributed by atoms with Crippen LogP contribution in [-0.4, -0.2) is 30.4 Å². The summed E-state index contributed by atoms with van der Waals surface area (Å²) in [6.45, 7) is 7.67. The van der Waals surface area contributed by atoms with Crippen LogP contribution in [0.3, 0.4) is 0 Å². The van der Waals surface area contributed by atoms with Gasteiger partial charge in [0.2, 0.25) is 5.91 Å². The molecule has 1 saturated heterocycles. The van der Waals surface area contributed by atoms with E-state index < -0.39 is 0 Å². The van der Waals surface area contributed by atoms with Crippen molar-refractivity contribution in [3.8, 4) is 0 Å². The summed E-state index contributed by atoms with van der Waals surface area (Å²) in [5.41, 5.74) is 7.15. The molecule has 0 saturated carbocycles. The number of anilines is 2. The molecule has 0 unspecified atom stereocenters. The van der Waals surface area contributed by atoms with Gasteiger partial charge in [0.05, 0.1) is 11.4 Å². The fourth-order valence-electron chi connectivity index (χ4n) is 2.93. The van der Waals surface area contributed by atoms with Gasteiger partial charge in [-0.15, -0.1) is 0 Å². The minimum atomic E-state index is 0.0406. The second kappa shape index (κ2) is 7.46. The summed E-state index contributed by atoms with van der Waals surface area (Å²) < 4.78 is 0. The molecule has 116 valence electrons. The Hall–Kier alpha value is -1.55. The number of benzene rings is 1. The first-order chi connectivity index (χ1) is 10.1. The second-order valence-corrected chi connectivity index (χ2v) is 6.31. The molecule has 2 rings (SSSR count). The Morgan fingerprint density at radius 2 is 2.00 bits per heavy atom. The molecule has 1 aromatic rings. The molecule has 1 fully saturated rings. The van der Waals surface area contributed by atoms with Gasteiger partial charge in [0, 0.05) is 13.0 Å². The van der Waals surface area contributed by atoms with Crippen LogP contribution in [0.2, 0.25) is 0 Å². The minimum Gasteiger partial charge on any atom is -0.397 e. The molecule has 0 radical (unpaired) electrons. The molecule has 1 heterocycles. The zero-order chi connectivity index (χ0) is 15.2. The number of nitrogens with zero attached hydrogens (tertiary/aromatic N) is 1. The van der Waals surface area contributed by atoms with E-state index in [1.807, 2.05) is 18.2 Å². The van der Waals surface area contributed by atoms with Gasteiger partial charge in [-0.3, -0.25) is 4.79 Å². The van der Waals surface area contributed by atoms with Crippen molar-refractivity contribution in [2.24, 2.45) is 11.8 Å². The number of nitrogens with two attached hydrogens (primary N) is 1.